The molecule has 30 heavy (non-hydrogen) atoms. The minimum absolute atomic E-state index is 0.162. The fourth-order valence-electron chi connectivity index (χ4n) is 3.37. The third-order valence-corrected chi connectivity index (χ3v) is 5.27. The van der Waals surface area contributed by atoms with Crippen LogP contribution in [0.2, 0.25) is 5.02 Å². The number of hydrogen-bond acceptors (Lipinski definition) is 4. The molecule has 0 unspecified atom stereocenters. The summed E-state index contributed by atoms with van der Waals surface area (Å²) in [5.74, 6) is 0.585. The Hall–Kier alpha value is -2.67. The van der Waals surface area contributed by atoms with Crippen LogP contribution in [0.3, 0.4) is 0 Å². The normalized spacial score (nSPS) is 14.6. The summed E-state index contributed by atoms with van der Waals surface area (Å²) in [5.41, 5.74) is 1.15. The molecule has 162 valence electrons. The molecule has 7 nitrogen and oxygen atoms in total. The van der Waals surface area contributed by atoms with Gasteiger partial charge in [-0.15, -0.1) is 0 Å². The second kappa shape index (κ2) is 9.89. The number of aromatic nitrogens is 1. The average Bonchev–Trinajstić information content (AvgIpc) is 3.15. The van der Waals surface area contributed by atoms with Crippen LogP contribution in [0.15, 0.2) is 36.7 Å². The smallest absolute Gasteiger partial charge is 0.409 e. The Morgan fingerprint density at radius 1 is 1.07 bits per heavy atom. The van der Waals surface area contributed by atoms with Gasteiger partial charge in [0.05, 0.1) is 30.0 Å². The van der Waals surface area contributed by atoms with E-state index in [1.54, 1.807) is 21.9 Å². The number of ether oxygens (including phenoxy) is 2. The third-order valence-electron chi connectivity index (χ3n) is 4.96. The molecule has 0 bridgehead atoms. The molecule has 0 saturated carbocycles. The Morgan fingerprint density at radius 3 is 2.40 bits per heavy atom. The highest BCUT2D eigenvalue weighted by atomic mass is 35.5. The molecule has 0 spiro atoms. The van der Waals surface area contributed by atoms with Gasteiger partial charge in [0.15, 0.2) is 0 Å². The van der Waals surface area contributed by atoms with Gasteiger partial charge >= 0.3 is 6.09 Å². The summed E-state index contributed by atoms with van der Waals surface area (Å²) < 4.78 is 12.7. The highest BCUT2D eigenvalue weighted by Gasteiger charge is 2.26. The minimum Gasteiger partial charge on any atom is -0.496 e. The van der Waals surface area contributed by atoms with Gasteiger partial charge in [-0.3, -0.25) is 4.79 Å². The zero-order chi connectivity index (χ0) is 21.7. The van der Waals surface area contributed by atoms with Crippen LogP contribution in [0, 0.1) is 5.92 Å². The molecule has 1 aromatic heterocycles. The lowest BCUT2D eigenvalue weighted by molar-refractivity contribution is 0.0743. The van der Waals surface area contributed by atoms with Crippen molar-refractivity contribution < 1.29 is 19.1 Å². The number of hydrogen-bond donors (Lipinski definition) is 0. The van der Waals surface area contributed by atoms with Crippen LogP contribution < -0.4 is 4.74 Å². The van der Waals surface area contributed by atoms with Crippen LogP contribution >= 0.6 is 11.6 Å². The average molecular weight is 434 g/mol. The van der Waals surface area contributed by atoms with E-state index in [4.69, 9.17) is 21.1 Å². The number of benzene rings is 1. The van der Waals surface area contributed by atoms with Gasteiger partial charge in [-0.25, -0.2) is 4.79 Å². The van der Waals surface area contributed by atoms with Gasteiger partial charge in [0.2, 0.25) is 0 Å². The Balaban J connectivity index is 1.73. The number of carbonyl (C=O) groups is 2. The van der Waals surface area contributed by atoms with Crippen LogP contribution in [-0.4, -0.2) is 66.3 Å². The number of carbonyl (C=O) groups excluding carboxylic acids is 2. The van der Waals surface area contributed by atoms with E-state index in [1.165, 1.54) is 7.11 Å². The lowest BCUT2D eigenvalue weighted by atomic mass is 10.1. The minimum atomic E-state index is -0.324. The zero-order valence-corrected chi connectivity index (χ0v) is 18.4. The quantitative estimate of drug-likeness (QED) is 0.712. The van der Waals surface area contributed by atoms with Crippen molar-refractivity contribution >= 4 is 23.6 Å². The first-order chi connectivity index (χ1) is 14.4. The Labute approximate surface area is 182 Å². The summed E-state index contributed by atoms with van der Waals surface area (Å²) in [5, 5.41) is 0.462. The second-order valence-electron chi connectivity index (χ2n) is 7.70. The molecule has 3 rings (SSSR count). The van der Waals surface area contributed by atoms with Gasteiger partial charge in [-0.2, -0.15) is 0 Å². The fraction of sp³-hybridized carbons (Fsp3) is 0.455. The Kier molecular flexibility index (Phi) is 7.26. The molecule has 0 aliphatic carbocycles. The van der Waals surface area contributed by atoms with E-state index in [1.807, 2.05) is 42.9 Å². The van der Waals surface area contributed by atoms with Crippen LogP contribution in [0.5, 0.6) is 5.75 Å². The second-order valence-corrected chi connectivity index (χ2v) is 8.10. The van der Waals surface area contributed by atoms with E-state index in [2.05, 4.69) is 0 Å². The zero-order valence-electron chi connectivity index (χ0n) is 17.6. The van der Waals surface area contributed by atoms with Crippen molar-refractivity contribution in [2.24, 2.45) is 5.92 Å². The number of nitrogens with zero attached hydrogens (tertiary/aromatic N) is 3. The summed E-state index contributed by atoms with van der Waals surface area (Å²) in [7, 11) is 1.54. The molecule has 2 aromatic rings. The van der Waals surface area contributed by atoms with Crippen LogP contribution in [0.1, 0.15) is 30.6 Å². The first-order valence-corrected chi connectivity index (χ1v) is 10.5. The molecule has 0 atom stereocenters. The van der Waals surface area contributed by atoms with E-state index >= 15 is 0 Å². The monoisotopic (exact) mass is 433 g/mol. The maximum Gasteiger partial charge on any atom is 0.409 e. The maximum absolute atomic E-state index is 13.2. The van der Waals surface area contributed by atoms with Crippen LogP contribution in [0.25, 0.3) is 5.69 Å². The van der Waals surface area contributed by atoms with E-state index in [-0.39, 0.29) is 17.9 Å². The Morgan fingerprint density at radius 2 is 1.73 bits per heavy atom. The van der Waals surface area contributed by atoms with Gasteiger partial charge < -0.3 is 23.8 Å². The summed E-state index contributed by atoms with van der Waals surface area (Å²) in [4.78, 5) is 28.9. The van der Waals surface area contributed by atoms with Crippen LogP contribution in [0.4, 0.5) is 4.79 Å². The van der Waals surface area contributed by atoms with E-state index < -0.39 is 0 Å². The summed E-state index contributed by atoms with van der Waals surface area (Å²) in [6.45, 7) is 6.35. The van der Waals surface area contributed by atoms with Gasteiger partial charge in [-0.05, 0) is 30.5 Å². The first kappa shape index (κ1) is 22.0. The highest BCUT2D eigenvalue weighted by Crippen LogP contribution is 2.31. The molecule has 8 heteroatoms. The molecular weight excluding hydrogens is 406 g/mol. The molecule has 0 N–H and O–H groups in total. The number of amides is 2. The van der Waals surface area contributed by atoms with Gasteiger partial charge in [-0.1, -0.05) is 25.4 Å². The standard InChI is InChI=1S/C22H28ClN3O4/c1-16(2)15-30-22(28)26-10-6-9-25(11-12-26)21(27)17-13-18(23)19(14-20(17)29-3)24-7-4-5-8-24/h4-5,7-8,13-14,16H,6,9-12,15H2,1-3H3. The predicted octanol–water partition coefficient (Wildman–Crippen LogP) is 4.08. The highest BCUT2D eigenvalue weighted by molar-refractivity contribution is 6.33. The van der Waals surface area contributed by atoms with Crippen molar-refractivity contribution in [2.75, 3.05) is 39.9 Å². The lowest BCUT2D eigenvalue weighted by Gasteiger charge is -2.23. The summed E-state index contributed by atoms with van der Waals surface area (Å²) in [6, 6.07) is 7.22. The van der Waals surface area contributed by atoms with Gasteiger partial charge in [0.1, 0.15) is 5.75 Å². The molecule has 2 heterocycles. The molecule has 0 radical (unpaired) electrons. The van der Waals surface area contributed by atoms with Crippen LogP contribution in [-0.2, 0) is 4.74 Å². The topological polar surface area (TPSA) is 64.0 Å². The molecule has 2 amide bonds. The first-order valence-electron chi connectivity index (χ1n) is 10.1. The molecule has 1 aromatic carbocycles. The van der Waals surface area contributed by atoms with Crippen molar-refractivity contribution in [1.82, 2.24) is 14.4 Å². The number of halogens is 1. The molecule has 1 fully saturated rings. The van der Waals surface area contributed by atoms with E-state index in [0.29, 0.717) is 55.5 Å². The Bertz CT molecular complexity index is 883. The van der Waals surface area contributed by atoms with Gasteiger partial charge in [0, 0.05) is 44.6 Å². The van der Waals surface area contributed by atoms with Crippen molar-refractivity contribution in [2.45, 2.75) is 20.3 Å². The lowest BCUT2D eigenvalue weighted by Crippen LogP contribution is -2.38. The maximum atomic E-state index is 13.2. The summed E-state index contributed by atoms with van der Waals surface area (Å²) in [6.07, 6.45) is 4.11. The van der Waals surface area contributed by atoms with Crippen molar-refractivity contribution in [3.8, 4) is 11.4 Å². The molecule has 1 saturated heterocycles. The number of methoxy groups -OCH3 is 1. The van der Waals surface area contributed by atoms with E-state index in [0.717, 1.165) is 5.69 Å². The predicted molar refractivity (Wildman–Crippen MR) is 116 cm³/mol. The molecule has 1 aliphatic rings. The van der Waals surface area contributed by atoms with Crippen molar-refractivity contribution in [1.29, 1.82) is 0 Å². The third kappa shape index (κ3) is 5.08. The number of rotatable bonds is 5. The largest absolute Gasteiger partial charge is 0.496 e. The fourth-order valence-corrected chi connectivity index (χ4v) is 3.64. The molecule has 1 aliphatic heterocycles. The van der Waals surface area contributed by atoms with Crippen molar-refractivity contribution in [3.05, 3.63) is 47.2 Å². The molecular formula is C22H28ClN3O4. The summed E-state index contributed by atoms with van der Waals surface area (Å²) >= 11 is 6.47. The van der Waals surface area contributed by atoms with E-state index in [9.17, 15) is 9.59 Å². The SMILES string of the molecule is COc1cc(-n2cccc2)c(Cl)cc1C(=O)N1CCCN(C(=O)OCC(C)C)CC1. The van der Waals surface area contributed by atoms with Crippen molar-refractivity contribution in [3.63, 3.8) is 0 Å². The van der Waals surface area contributed by atoms with Gasteiger partial charge in [0.25, 0.3) is 5.91 Å².